The molecule has 1 saturated heterocycles. The summed E-state index contributed by atoms with van der Waals surface area (Å²) in [4.78, 5) is 9.47. The fourth-order valence-corrected chi connectivity index (χ4v) is 6.14. The van der Waals surface area contributed by atoms with E-state index in [1.807, 2.05) is 12.4 Å². The van der Waals surface area contributed by atoms with Crippen LogP contribution in [0, 0.1) is 17.8 Å². The summed E-state index contributed by atoms with van der Waals surface area (Å²) in [6.07, 6.45) is 6.53. The molecule has 2 unspecified atom stereocenters. The van der Waals surface area contributed by atoms with Crippen LogP contribution in [0.3, 0.4) is 0 Å². The molecular formula is C24H31N3O. The highest BCUT2D eigenvalue weighted by Crippen LogP contribution is 2.70. The molecule has 2 aromatic rings. The highest BCUT2D eigenvalue weighted by atomic mass is 16.5. The summed E-state index contributed by atoms with van der Waals surface area (Å²) < 4.78 is 5.84. The van der Waals surface area contributed by atoms with Gasteiger partial charge >= 0.3 is 0 Å². The summed E-state index contributed by atoms with van der Waals surface area (Å²) in [6, 6.07) is 13.2. The second-order valence-electron chi connectivity index (χ2n) is 8.76. The van der Waals surface area contributed by atoms with Crippen LogP contribution in [-0.2, 0) is 5.54 Å². The summed E-state index contributed by atoms with van der Waals surface area (Å²) in [7, 11) is 0. The first-order valence-corrected chi connectivity index (χ1v) is 10.9. The number of piperazine rings is 1. The Hall–Kier alpha value is -2.07. The summed E-state index contributed by atoms with van der Waals surface area (Å²) in [6.45, 7) is 9.65. The van der Waals surface area contributed by atoms with Gasteiger partial charge in [0.2, 0.25) is 0 Å². The lowest BCUT2D eigenvalue weighted by molar-refractivity contribution is 0.124. The van der Waals surface area contributed by atoms with Crippen molar-refractivity contribution in [3.63, 3.8) is 0 Å². The van der Waals surface area contributed by atoms with Crippen molar-refractivity contribution in [2.75, 3.05) is 37.7 Å². The molecule has 2 heterocycles. The molecule has 28 heavy (non-hydrogen) atoms. The fraction of sp³-hybridized carbons (Fsp3) is 0.542. The lowest BCUT2D eigenvalue weighted by Gasteiger charge is -2.43. The highest BCUT2D eigenvalue weighted by molar-refractivity contribution is 5.46. The van der Waals surface area contributed by atoms with Crippen molar-refractivity contribution in [1.29, 1.82) is 0 Å². The molecule has 3 fully saturated rings. The SMILES string of the molecule is CCOc1cccc(C2(N3CCN(c4ccncc4)CC3)C3CC(C)CC32)c1. The van der Waals surface area contributed by atoms with Crippen molar-refractivity contribution < 1.29 is 4.74 Å². The Labute approximate surface area is 168 Å². The van der Waals surface area contributed by atoms with E-state index >= 15 is 0 Å². The Morgan fingerprint density at radius 1 is 1.04 bits per heavy atom. The average Bonchev–Trinajstić information content (AvgIpc) is 3.16. The van der Waals surface area contributed by atoms with Crippen molar-refractivity contribution >= 4 is 5.69 Å². The molecule has 1 aromatic carbocycles. The second kappa shape index (κ2) is 7.07. The number of pyridine rings is 1. The van der Waals surface area contributed by atoms with Crippen molar-refractivity contribution in [1.82, 2.24) is 9.88 Å². The smallest absolute Gasteiger partial charge is 0.119 e. The Morgan fingerprint density at radius 3 is 2.43 bits per heavy atom. The maximum atomic E-state index is 5.84. The molecule has 2 saturated carbocycles. The number of hydrogen-bond donors (Lipinski definition) is 0. The Morgan fingerprint density at radius 2 is 1.75 bits per heavy atom. The van der Waals surface area contributed by atoms with Gasteiger partial charge in [0.1, 0.15) is 5.75 Å². The van der Waals surface area contributed by atoms with E-state index in [2.05, 4.69) is 65.0 Å². The quantitative estimate of drug-likeness (QED) is 0.782. The molecule has 4 nitrogen and oxygen atoms in total. The number of aromatic nitrogens is 1. The summed E-state index contributed by atoms with van der Waals surface area (Å²) in [5.74, 6) is 3.52. The summed E-state index contributed by atoms with van der Waals surface area (Å²) >= 11 is 0. The van der Waals surface area contributed by atoms with E-state index in [0.29, 0.717) is 0 Å². The van der Waals surface area contributed by atoms with Crippen LogP contribution in [0.5, 0.6) is 5.75 Å². The van der Waals surface area contributed by atoms with E-state index in [-0.39, 0.29) is 5.54 Å². The Bertz CT molecular complexity index is 804. The first-order chi connectivity index (χ1) is 13.7. The molecule has 0 amide bonds. The minimum Gasteiger partial charge on any atom is -0.494 e. The van der Waals surface area contributed by atoms with E-state index in [0.717, 1.165) is 56.3 Å². The third kappa shape index (κ3) is 2.81. The normalized spacial score (nSPS) is 32.2. The Balaban J connectivity index is 1.40. The van der Waals surface area contributed by atoms with Crippen LogP contribution in [0.2, 0.25) is 0 Å². The number of nitrogens with zero attached hydrogens (tertiary/aromatic N) is 3. The number of benzene rings is 1. The van der Waals surface area contributed by atoms with Gasteiger partial charge in [-0.2, -0.15) is 0 Å². The minimum absolute atomic E-state index is 0.240. The van der Waals surface area contributed by atoms with Gasteiger partial charge in [-0.15, -0.1) is 0 Å². The number of hydrogen-bond acceptors (Lipinski definition) is 4. The van der Waals surface area contributed by atoms with Gasteiger partial charge in [0.25, 0.3) is 0 Å². The molecule has 2 aliphatic carbocycles. The van der Waals surface area contributed by atoms with Gasteiger partial charge in [0, 0.05) is 44.3 Å². The monoisotopic (exact) mass is 377 g/mol. The van der Waals surface area contributed by atoms with Crippen LogP contribution in [0.15, 0.2) is 48.8 Å². The van der Waals surface area contributed by atoms with Crippen molar-refractivity contribution in [3.8, 4) is 5.75 Å². The standard InChI is InChI=1S/C24H31N3O/c1-3-28-21-6-4-5-19(17-21)24(22-15-18(2)16-23(22)24)27-13-11-26(12-14-27)20-7-9-25-10-8-20/h4-10,17-18,22-23H,3,11-16H2,1-2H3. The van der Waals surface area contributed by atoms with Gasteiger partial charge in [-0.3, -0.25) is 9.88 Å². The topological polar surface area (TPSA) is 28.6 Å². The number of fused-ring (bicyclic) bond motifs is 1. The summed E-state index contributed by atoms with van der Waals surface area (Å²) in [5, 5.41) is 0. The molecule has 1 aliphatic heterocycles. The maximum Gasteiger partial charge on any atom is 0.119 e. The van der Waals surface area contributed by atoms with Crippen LogP contribution < -0.4 is 9.64 Å². The van der Waals surface area contributed by atoms with E-state index in [1.165, 1.54) is 24.1 Å². The second-order valence-corrected chi connectivity index (χ2v) is 8.76. The van der Waals surface area contributed by atoms with Gasteiger partial charge in [-0.1, -0.05) is 19.1 Å². The zero-order chi connectivity index (χ0) is 19.1. The molecule has 5 rings (SSSR count). The van der Waals surface area contributed by atoms with E-state index < -0.39 is 0 Å². The molecule has 1 aromatic heterocycles. The van der Waals surface area contributed by atoms with E-state index in [4.69, 9.17) is 4.74 Å². The zero-order valence-corrected chi connectivity index (χ0v) is 17.1. The fourth-order valence-electron chi connectivity index (χ4n) is 6.14. The third-order valence-electron chi connectivity index (χ3n) is 7.26. The zero-order valence-electron chi connectivity index (χ0n) is 17.1. The maximum absolute atomic E-state index is 5.84. The van der Waals surface area contributed by atoms with E-state index in [1.54, 1.807) is 0 Å². The average molecular weight is 378 g/mol. The lowest BCUT2D eigenvalue weighted by Crippen LogP contribution is -2.52. The van der Waals surface area contributed by atoms with Crippen LogP contribution in [0.4, 0.5) is 5.69 Å². The predicted molar refractivity (Wildman–Crippen MR) is 113 cm³/mol. The molecule has 0 radical (unpaired) electrons. The molecule has 0 N–H and O–H groups in total. The van der Waals surface area contributed by atoms with Crippen molar-refractivity contribution in [2.45, 2.75) is 32.2 Å². The lowest BCUT2D eigenvalue weighted by atomic mass is 9.89. The molecule has 2 atom stereocenters. The van der Waals surface area contributed by atoms with Gasteiger partial charge in [-0.25, -0.2) is 0 Å². The first-order valence-electron chi connectivity index (χ1n) is 10.9. The molecule has 0 spiro atoms. The van der Waals surface area contributed by atoms with Crippen LogP contribution in [0.25, 0.3) is 0 Å². The van der Waals surface area contributed by atoms with Crippen LogP contribution in [-0.4, -0.2) is 42.7 Å². The van der Waals surface area contributed by atoms with Crippen LogP contribution >= 0.6 is 0 Å². The van der Waals surface area contributed by atoms with Gasteiger partial charge < -0.3 is 9.64 Å². The molecule has 0 bridgehead atoms. The van der Waals surface area contributed by atoms with E-state index in [9.17, 15) is 0 Å². The molecule has 148 valence electrons. The van der Waals surface area contributed by atoms with Gasteiger partial charge in [-0.05, 0) is 67.3 Å². The molecule has 4 heteroatoms. The highest BCUT2D eigenvalue weighted by Gasteiger charge is 2.70. The molecular weight excluding hydrogens is 346 g/mol. The van der Waals surface area contributed by atoms with Crippen LogP contribution in [0.1, 0.15) is 32.3 Å². The number of rotatable bonds is 5. The number of anilines is 1. The third-order valence-corrected chi connectivity index (χ3v) is 7.26. The van der Waals surface area contributed by atoms with Gasteiger partial charge in [0.15, 0.2) is 0 Å². The van der Waals surface area contributed by atoms with Crippen molar-refractivity contribution in [2.24, 2.45) is 17.8 Å². The minimum atomic E-state index is 0.240. The largest absolute Gasteiger partial charge is 0.494 e. The van der Waals surface area contributed by atoms with Crippen molar-refractivity contribution in [3.05, 3.63) is 54.4 Å². The van der Waals surface area contributed by atoms with Gasteiger partial charge in [0.05, 0.1) is 12.1 Å². The number of ether oxygens (including phenoxy) is 1. The predicted octanol–water partition coefficient (Wildman–Crippen LogP) is 4.17. The summed E-state index contributed by atoms with van der Waals surface area (Å²) in [5.41, 5.74) is 3.02. The first kappa shape index (κ1) is 18.0. The Kier molecular flexibility index (Phi) is 4.54. The molecule has 3 aliphatic rings.